The Morgan fingerprint density at radius 1 is 1.62 bits per heavy atom. The molecule has 1 unspecified atom stereocenters. The predicted molar refractivity (Wildman–Crippen MR) is 50.9 cm³/mol. The molecule has 0 fully saturated rings. The second-order valence-corrected chi connectivity index (χ2v) is 2.81. The average molecular weight is 188 g/mol. The Hall–Kier alpha value is -0.830. The van der Waals surface area contributed by atoms with Crippen molar-refractivity contribution < 1.29 is 14.2 Å². The van der Waals surface area contributed by atoms with Crippen molar-refractivity contribution in [1.82, 2.24) is 0 Å². The van der Waals surface area contributed by atoms with Gasteiger partial charge < -0.3 is 9.84 Å². The summed E-state index contributed by atoms with van der Waals surface area (Å²) in [6, 6.07) is 0. The molecule has 0 radical (unpaired) electrons. The van der Waals surface area contributed by atoms with Crippen molar-refractivity contribution in [3.05, 3.63) is 24.2 Å². The SMILES string of the molecule is CCCC(CO)O/C=C/C=C(\C)F. The van der Waals surface area contributed by atoms with Crippen molar-refractivity contribution in [2.75, 3.05) is 6.61 Å². The highest BCUT2D eigenvalue weighted by Gasteiger charge is 2.02. The van der Waals surface area contributed by atoms with Gasteiger partial charge in [0, 0.05) is 0 Å². The summed E-state index contributed by atoms with van der Waals surface area (Å²) in [7, 11) is 0. The van der Waals surface area contributed by atoms with Crippen LogP contribution < -0.4 is 0 Å². The molecule has 0 bridgehead atoms. The van der Waals surface area contributed by atoms with Gasteiger partial charge in [-0.2, -0.15) is 0 Å². The van der Waals surface area contributed by atoms with E-state index in [2.05, 4.69) is 0 Å². The third-order valence-electron chi connectivity index (χ3n) is 1.49. The number of halogens is 1. The van der Waals surface area contributed by atoms with Gasteiger partial charge in [-0.1, -0.05) is 13.3 Å². The van der Waals surface area contributed by atoms with Crippen LogP contribution in [0.25, 0.3) is 0 Å². The van der Waals surface area contributed by atoms with Gasteiger partial charge in [0.2, 0.25) is 0 Å². The van der Waals surface area contributed by atoms with Gasteiger partial charge in [-0.15, -0.1) is 0 Å². The highest BCUT2D eigenvalue weighted by Crippen LogP contribution is 2.02. The van der Waals surface area contributed by atoms with E-state index in [1.165, 1.54) is 25.3 Å². The van der Waals surface area contributed by atoms with Gasteiger partial charge in [-0.3, -0.25) is 0 Å². The van der Waals surface area contributed by atoms with Crippen LogP contribution in [0.2, 0.25) is 0 Å². The topological polar surface area (TPSA) is 29.5 Å². The van der Waals surface area contributed by atoms with Crippen LogP contribution >= 0.6 is 0 Å². The van der Waals surface area contributed by atoms with E-state index in [-0.39, 0.29) is 18.5 Å². The minimum absolute atomic E-state index is 0.00347. The van der Waals surface area contributed by atoms with Gasteiger partial charge in [0.25, 0.3) is 0 Å². The standard InChI is InChI=1S/C10H17FO2/c1-3-5-10(8-12)13-7-4-6-9(2)11/h4,6-7,10,12H,3,5,8H2,1-2H3/b7-4+,9-6+. The van der Waals surface area contributed by atoms with Gasteiger partial charge in [-0.05, 0) is 25.5 Å². The van der Waals surface area contributed by atoms with Crippen molar-refractivity contribution in [2.24, 2.45) is 0 Å². The second kappa shape index (κ2) is 7.80. The second-order valence-electron chi connectivity index (χ2n) is 2.81. The summed E-state index contributed by atoms with van der Waals surface area (Å²) in [6.45, 7) is 3.37. The van der Waals surface area contributed by atoms with E-state index >= 15 is 0 Å². The number of rotatable bonds is 6. The van der Waals surface area contributed by atoms with E-state index in [1.54, 1.807) is 0 Å². The first-order valence-electron chi connectivity index (χ1n) is 4.46. The smallest absolute Gasteiger partial charge is 0.121 e. The van der Waals surface area contributed by atoms with Crippen molar-refractivity contribution in [2.45, 2.75) is 32.8 Å². The minimum atomic E-state index is -0.268. The molecular weight excluding hydrogens is 171 g/mol. The Kier molecular flexibility index (Phi) is 7.30. The Balaban J connectivity index is 3.70. The molecule has 2 nitrogen and oxygen atoms in total. The zero-order valence-electron chi connectivity index (χ0n) is 8.16. The van der Waals surface area contributed by atoms with Crippen LogP contribution in [0.4, 0.5) is 4.39 Å². The van der Waals surface area contributed by atoms with Gasteiger partial charge in [-0.25, -0.2) is 4.39 Å². The zero-order valence-corrected chi connectivity index (χ0v) is 8.16. The van der Waals surface area contributed by atoms with Crippen LogP contribution in [0.3, 0.4) is 0 Å². The lowest BCUT2D eigenvalue weighted by atomic mass is 10.2. The van der Waals surface area contributed by atoms with Crippen LogP contribution in [0.5, 0.6) is 0 Å². The molecule has 0 aliphatic rings. The summed E-state index contributed by atoms with van der Waals surface area (Å²) >= 11 is 0. The first kappa shape index (κ1) is 12.2. The molecule has 0 amide bonds. The maximum Gasteiger partial charge on any atom is 0.121 e. The molecule has 13 heavy (non-hydrogen) atoms. The molecule has 0 heterocycles. The van der Waals surface area contributed by atoms with Crippen LogP contribution in [0, 0.1) is 0 Å². The molecule has 0 saturated heterocycles. The van der Waals surface area contributed by atoms with Crippen LogP contribution in [-0.4, -0.2) is 17.8 Å². The molecular formula is C10H17FO2. The maximum absolute atomic E-state index is 12.2. The highest BCUT2D eigenvalue weighted by molar-refractivity contribution is 5.02. The number of ether oxygens (including phenoxy) is 1. The Morgan fingerprint density at radius 3 is 2.77 bits per heavy atom. The number of aliphatic hydroxyl groups excluding tert-OH is 1. The van der Waals surface area contributed by atoms with E-state index in [4.69, 9.17) is 9.84 Å². The molecule has 76 valence electrons. The number of aliphatic hydroxyl groups is 1. The van der Waals surface area contributed by atoms with Crippen LogP contribution in [0.1, 0.15) is 26.7 Å². The summed E-state index contributed by atoms with van der Waals surface area (Å²) in [6.07, 6.45) is 5.78. The summed E-state index contributed by atoms with van der Waals surface area (Å²) in [5, 5.41) is 8.82. The molecule has 3 heteroatoms. The van der Waals surface area contributed by atoms with E-state index < -0.39 is 0 Å². The van der Waals surface area contributed by atoms with Gasteiger partial charge >= 0.3 is 0 Å². The predicted octanol–water partition coefficient (Wildman–Crippen LogP) is 2.55. The first-order valence-corrected chi connectivity index (χ1v) is 4.46. The van der Waals surface area contributed by atoms with Gasteiger partial charge in [0.05, 0.1) is 18.7 Å². The average Bonchev–Trinajstić information content (AvgIpc) is 2.10. The fourth-order valence-corrected chi connectivity index (χ4v) is 0.853. The normalized spacial score (nSPS) is 14.9. The quantitative estimate of drug-likeness (QED) is 0.512. The number of hydrogen-bond donors (Lipinski definition) is 1. The fourth-order valence-electron chi connectivity index (χ4n) is 0.853. The minimum Gasteiger partial charge on any atom is -0.496 e. The summed E-state index contributed by atoms with van der Waals surface area (Å²) in [5.41, 5.74) is 0. The third-order valence-corrected chi connectivity index (χ3v) is 1.49. The molecule has 0 saturated carbocycles. The Bertz CT molecular complexity index is 172. The fraction of sp³-hybridized carbons (Fsp3) is 0.600. The molecule has 0 aromatic heterocycles. The first-order chi connectivity index (χ1) is 6.20. The van der Waals surface area contributed by atoms with E-state index in [0.717, 1.165) is 12.8 Å². The van der Waals surface area contributed by atoms with E-state index in [9.17, 15) is 4.39 Å². The van der Waals surface area contributed by atoms with Gasteiger partial charge in [0.1, 0.15) is 6.10 Å². The largest absolute Gasteiger partial charge is 0.496 e. The lowest BCUT2D eigenvalue weighted by Crippen LogP contribution is -2.14. The molecule has 0 aliphatic heterocycles. The number of allylic oxidation sites excluding steroid dienone is 3. The maximum atomic E-state index is 12.2. The summed E-state index contributed by atoms with van der Waals surface area (Å²) in [4.78, 5) is 0. The van der Waals surface area contributed by atoms with E-state index in [1.807, 2.05) is 6.92 Å². The van der Waals surface area contributed by atoms with Crippen molar-refractivity contribution >= 4 is 0 Å². The molecule has 0 aliphatic carbocycles. The van der Waals surface area contributed by atoms with Crippen LogP contribution in [-0.2, 0) is 4.74 Å². The lowest BCUT2D eigenvalue weighted by Gasteiger charge is -2.11. The molecule has 0 aromatic rings. The van der Waals surface area contributed by atoms with Crippen molar-refractivity contribution in [1.29, 1.82) is 0 Å². The molecule has 0 aromatic carbocycles. The zero-order chi connectivity index (χ0) is 10.1. The third kappa shape index (κ3) is 7.53. The molecule has 0 spiro atoms. The Morgan fingerprint density at radius 2 is 2.31 bits per heavy atom. The van der Waals surface area contributed by atoms with Crippen LogP contribution in [0.15, 0.2) is 24.2 Å². The summed E-state index contributed by atoms with van der Waals surface area (Å²) < 4.78 is 17.3. The molecule has 0 rings (SSSR count). The molecule has 1 N–H and O–H groups in total. The van der Waals surface area contributed by atoms with Crippen molar-refractivity contribution in [3.8, 4) is 0 Å². The monoisotopic (exact) mass is 188 g/mol. The Labute approximate surface area is 78.7 Å². The highest BCUT2D eigenvalue weighted by atomic mass is 19.1. The molecule has 1 atom stereocenters. The number of hydrogen-bond acceptors (Lipinski definition) is 2. The van der Waals surface area contributed by atoms with Crippen molar-refractivity contribution in [3.63, 3.8) is 0 Å². The summed E-state index contributed by atoms with van der Waals surface area (Å²) in [5.74, 6) is -0.268. The van der Waals surface area contributed by atoms with E-state index in [0.29, 0.717) is 0 Å². The van der Waals surface area contributed by atoms with Gasteiger partial charge in [0.15, 0.2) is 0 Å². The lowest BCUT2D eigenvalue weighted by molar-refractivity contribution is 0.0707.